The van der Waals surface area contributed by atoms with E-state index in [4.69, 9.17) is 39.5 Å². The lowest BCUT2D eigenvalue weighted by Crippen LogP contribution is -2.40. The summed E-state index contributed by atoms with van der Waals surface area (Å²) in [5.41, 5.74) is 0. The highest BCUT2D eigenvalue weighted by Crippen LogP contribution is 2.28. The van der Waals surface area contributed by atoms with Crippen molar-refractivity contribution in [3.63, 3.8) is 0 Å². The lowest BCUT2D eigenvalue weighted by atomic mass is 10.1. The minimum Gasteiger partial charge on any atom is -0.490 e. The third-order valence-corrected chi connectivity index (χ3v) is 6.00. The van der Waals surface area contributed by atoms with Crippen molar-refractivity contribution < 1.29 is 4.74 Å². The fourth-order valence-corrected chi connectivity index (χ4v) is 3.82. The van der Waals surface area contributed by atoms with Gasteiger partial charge in [-0.25, -0.2) is 9.97 Å². The van der Waals surface area contributed by atoms with Gasteiger partial charge in [-0.3, -0.25) is 0 Å². The zero-order chi connectivity index (χ0) is 20.2. The number of rotatable bonds is 8. The van der Waals surface area contributed by atoms with Crippen LogP contribution in [0.4, 0.5) is 11.6 Å². The van der Waals surface area contributed by atoms with Crippen molar-refractivity contribution in [2.24, 2.45) is 0 Å². The molecule has 0 bridgehead atoms. The second-order valence-electron chi connectivity index (χ2n) is 7.49. The molecule has 1 saturated heterocycles. The van der Waals surface area contributed by atoms with Crippen molar-refractivity contribution in [3.05, 3.63) is 39.6 Å². The average molecular weight is 457 g/mol. The zero-order valence-electron chi connectivity index (χ0n) is 16.0. The summed E-state index contributed by atoms with van der Waals surface area (Å²) >= 11 is 18.1. The predicted molar refractivity (Wildman–Crippen MR) is 119 cm³/mol. The highest BCUT2D eigenvalue weighted by molar-refractivity contribution is 6.42. The Bertz CT molecular complexity index is 841. The first-order valence-electron chi connectivity index (χ1n) is 9.94. The molecule has 1 aliphatic heterocycles. The molecule has 29 heavy (non-hydrogen) atoms. The van der Waals surface area contributed by atoms with Crippen LogP contribution in [0.2, 0.25) is 15.3 Å². The first kappa shape index (κ1) is 20.8. The molecule has 1 aliphatic carbocycles. The number of aromatic nitrogens is 2. The first-order chi connectivity index (χ1) is 14.0. The van der Waals surface area contributed by atoms with Crippen LogP contribution in [0.5, 0.6) is 5.75 Å². The molecule has 2 fully saturated rings. The molecule has 0 amide bonds. The Morgan fingerprint density at radius 3 is 2.45 bits per heavy atom. The molecule has 0 unspecified atom stereocenters. The van der Waals surface area contributed by atoms with Gasteiger partial charge in [0, 0.05) is 44.4 Å². The van der Waals surface area contributed by atoms with Crippen molar-refractivity contribution in [2.45, 2.75) is 37.8 Å². The Balaban J connectivity index is 1.19. The minimum absolute atomic E-state index is 0.202. The molecule has 1 saturated carbocycles. The molecule has 1 aromatic heterocycles. The number of hydrogen-bond acceptors (Lipinski definition) is 6. The average Bonchev–Trinajstić information content (AvgIpc) is 3.50. The summed E-state index contributed by atoms with van der Waals surface area (Å²) in [4.78, 5) is 10.9. The first-order valence-corrected chi connectivity index (χ1v) is 11.1. The molecule has 4 rings (SSSR count). The fourth-order valence-electron chi connectivity index (χ4n) is 3.35. The molecule has 1 aromatic carbocycles. The zero-order valence-corrected chi connectivity index (χ0v) is 18.3. The SMILES string of the molecule is Clc1nc(NCCN2CCC(Oc3ccc(Cl)c(Cl)c3)CC2)cc(NC2CC2)n1. The summed E-state index contributed by atoms with van der Waals surface area (Å²) in [6.07, 6.45) is 4.54. The number of halogens is 3. The van der Waals surface area contributed by atoms with E-state index in [1.54, 1.807) is 12.1 Å². The normalized spacial score (nSPS) is 17.9. The predicted octanol–water partition coefficient (Wildman–Crippen LogP) is 4.97. The van der Waals surface area contributed by atoms with Crippen LogP contribution in [0.1, 0.15) is 25.7 Å². The summed E-state index contributed by atoms with van der Waals surface area (Å²) < 4.78 is 6.05. The van der Waals surface area contributed by atoms with Gasteiger partial charge >= 0.3 is 0 Å². The molecule has 9 heteroatoms. The molecule has 2 aliphatic rings. The van der Waals surface area contributed by atoms with E-state index in [0.29, 0.717) is 16.1 Å². The quantitative estimate of drug-likeness (QED) is 0.547. The highest BCUT2D eigenvalue weighted by atomic mass is 35.5. The minimum atomic E-state index is 0.202. The molecule has 6 nitrogen and oxygen atoms in total. The monoisotopic (exact) mass is 455 g/mol. The summed E-state index contributed by atoms with van der Waals surface area (Å²) in [7, 11) is 0. The second-order valence-corrected chi connectivity index (χ2v) is 8.64. The number of ether oxygens (including phenoxy) is 1. The van der Waals surface area contributed by atoms with Crippen molar-refractivity contribution in [2.75, 3.05) is 36.8 Å². The van der Waals surface area contributed by atoms with Gasteiger partial charge < -0.3 is 20.3 Å². The van der Waals surface area contributed by atoms with Crippen molar-refractivity contribution >= 4 is 46.4 Å². The Morgan fingerprint density at radius 1 is 0.966 bits per heavy atom. The van der Waals surface area contributed by atoms with Crippen LogP contribution in [0.3, 0.4) is 0 Å². The van der Waals surface area contributed by atoms with Gasteiger partial charge in [0.15, 0.2) is 0 Å². The van der Waals surface area contributed by atoms with Crippen LogP contribution in [0.25, 0.3) is 0 Å². The lowest BCUT2D eigenvalue weighted by molar-refractivity contribution is 0.103. The number of nitrogens with one attached hydrogen (secondary N) is 2. The molecule has 2 heterocycles. The van der Waals surface area contributed by atoms with E-state index in [-0.39, 0.29) is 11.4 Å². The summed E-state index contributed by atoms with van der Waals surface area (Å²) in [6.45, 7) is 3.72. The van der Waals surface area contributed by atoms with Gasteiger partial charge in [0.2, 0.25) is 5.28 Å². The maximum Gasteiger partial charge on any atom is 0.226 e. The number of hydrogen-bond donors (Lipinski definition) is 2. The van der Waals surface area contributed by atoms with Crippen LogP contribution in [0, 0.1) is 0 Å². The van der Waals surface area contributed by atoms with Crippen molar-refractivity contribution in [1.29, 1.82) is 0 Å². The third-order valence-electron chi connectivity index (χ3n) is 5.09. The molecular weight excluding hydrogens is 433 g/mol. The molecule has 2 N–H and O–H groups in total. The fraction of sp³-hybridized carbons (Fsp3) is 0.500. The highest BCUT2D eigenvalue weighted by Gasteiger charge is 2.22. The van der Waals surface area contributed by atoms with Crippen LogP contribution < -0.4 is 15.4 Å². The largest absolute Gasteiger partial charge is 0.490 e. The van der Waals surface area contributed by atoms with Gasteiger partial charge in [-0.1, -0.05) is 23.2 Å². The number of benzene rings is 1. The van der Waals surface area contributed by atoms with Crippen LogP contribution in [0.15, 0.2) is 24.3 Å². The summed E-state index contributed by atoms with van der Waals surface area (Å²) in [5.74, 6) is 2.32. The number of anilines is 2. The Hall–Kier alpha value is -1.47. The molecule has 156 valence electrons. The Morgan fingerprint density at radius 2 is 1.72 bits per heavy atom. The van der Waals surface area contributed by atoms with Gasteiger partial charge in [0.05, 0.1) is 10.0 Å². The van der Waals surface area contributed by atoms with E-state index in [1.807, 2.05) is 12.1 Å². The van der Waals surface area contributed by atoms with Gasteiger partial charge in [-0.05, 0) is 49.4 Å². The van der Waals surface area contributed by atoms with E-state index in [0.717, 1.165) is 56.4 Å². The molecular formula is C20H24Cl3N5O. The van der Waals surface area contributed by atoms with Crippen molar-refractivity contribution in [3.8, 4) is 5.75 Å². The molecule has 0 spiro atoms. The van der Waals surface area contributed by atoms with Gasteiger partial charge in [0.1, 0.15) is 23.5 Å². The van der Waals surface area contributed by atoms with Crippen LogP contribution in [-0.4, -0.2) is 53.2 Å². The van der Waals surface area contributed by atoms with Crippen LogP contribution in [-0.2, 0) is 0 Å². The van der Waals surface area contributed by atoms with Crippen molar-refractivity contribution in [1.82, 2.24) is 14.9 Å². The molecule has 2 aromatic rings. The van der Waals surface area contributed by atoms with E-state index < -0.39 is 0 Å². The van der Waals surface area contributed by atoms with Gasteiger partial charge in [-0.15, -0.1) is 0 Å². The van der Waals surface area contributed by atoms with Gasteiger partial charge in [-0.2, -0.15) is 0 Å². The number of piperidine rings is 1. The summed E-state index contributed by atoms with van der Waals surface area (Å²) in [6, 6.07) is 7.86. The lowest BCUT2D eigenvalue weighted by Gasteiger charge is -2.32. The maximum atomic E-state index is 6.06. The molecule has 0 atom stereocenters. The van der Waals surface area contributed by atoms with Crippen LogP contribution >= 0.6 is 34.8 Å². The molecule has 0 radical (unpaired) electrons. The maximum absolute atomic E-state index is 6.06. The van der Waals surface area contributed by atoms with E-state index in [9.17, 15) is 0 Å². The third kappa shape index (κ3) is 6.25. The Labute approximate surface area is 185 Å². The van der Waals surface area contributed by atoms with Gasteiger partial charge in [0.25, 0.3) is 0 Å². The van der Waals surface area contributed by atoms with E-state index >= 15 is 0 Å². The Kier molecular flexibility index (Phi) is 6.85. The second kappa shape index (κ2) is 9.56. The number of nitrogens with zero attached hydrogens (tertiary/aromatic N) is 3. The topological polar surface area (TPSA) is 62.3 Å². The number of likely N-dealkylation sites (tertiary alicyclic amines) is 1. The summed E-state index contributed by atoms with van der Waals surface area (Å²) in [5, 5.41) is 8.03. The van der Waals surface area contributed by atoms with E-state index in [2.05, 4.69) is 25.5 Å². The smallest absolute Gasteiger partial charge is 0.226 e. The van der Waals surface area contributed by atoms with E-state index in [1.165, 1.54) is 12.8 Å². The standard InChI is InChI=1S/C20H24Cl3N5O/c21-16-4-3-15(11-17(16)22)29-14-5-8-28(9-6-14)10-7-24-18-12-19(25-13-1-2-13)27-20(23)26-18/h3-4,11-14H,1-2,5-10H2,(H2,24,25,26,27).